The van der Waals surface area contributed by atoms with Crippen molar-refractivity contribution in [1.29, 1.82) is 0 Å². The summed E-state index contributed by atoms with van der Waals surface area (Å²) in [5.41, 5.74) is 3.92. The highest BCUT2D eigenvalue weighted by Gasteiger charge is 2.35. The van der Waals surface area contributed by atoms with Crippen molar-refractivity contribution >= 4 is 10.9 Å². The maximum Gasteiger partial charge on any atom is 0.252 e. The van der Waals surface area contributed by atoms with Crippen LogP contribution in [0.5, 0.6) is 0 Å². The van der Waals surface area contributed by atoms with E-state index in [0.717, 1.165) is 53.5 Å². The third-order valence-electron chi connectivity index (χ3n) is 7.79. The first-order valence-electron chi connectivity index (χ1n) is 12.4. The molecule has 0 amide bonds. The third-order valence-corrected chi connectivity index (χ3v) is 7.79. The number of hydrogen-bond acceptors (Lipinski definition) is 5. The van der Waals surface area contributed by atoms with E-state index < -0.39 is 0 Å². The normalized spacial score (nSPS) is 16.2. The topological polar surface area (TPSA) is 79.7 Å². The maximum atomic E-state index is 13.2. The summed E-state index contributed by atoms with van der Waals surface area (Å²) in [6, 6.07) is 6.81. The molecule has 0 saturated heterocycles. The predicted molar refractivity (Wildman–Crippen MR) is 132 cm³/mol. The molecule has 1 fully saturated rings. The van der Waals surface area contributed by atoms with Gasteiger partial charge in [0.1, 0.15) is 0 Å². The van der Waals surface area contributed by atoms with Crippen LogP contribution in [0, 0.1) is 13.8 Å². The minimum Gasteiger partial charge on any atom is -0.321 e. The highest BCUT2D eigenvalue weighted by atomic mass is 16.1. The van der Waals surface area contributed by atoms with Gasteiger partial charge in [0.25, 0.3) is 5.56 Å². The van der Waals surface area contributed by atoms with Gasteiger partial charge >= 0.3 is 0 Å². The Bertz CT molecular complexity index is 1170. The summed E-state index contributed by atoms with van der Waals surface area (Å²) in [7, 11) is 0. The van der Waals surface area contributed by atoms with Gasteiger partial charge in [0.2, 0.25) is 0 Å². The van der Waals surface area contributed by atoms with Crippen molar-refractivity contribution in [2.24, 2.45) is 0 Å². The number of nitrogens with zero attached hydrogens (tertiary/aromatic N) is 5. The van der Waals surface area contributed by atoms with Gasteiger partial charge in [-0.25, -0.2) is 4.68 Å². The third kappa shape index (κ3) is 4.47. The smallest absolute Gasteiger partial charge is 0.252 e. The molecule has 2 heterocycles. The number of pyridine rings is 1. The molecule has 0 spiro atoms. The van der Waals surface area contributed by atoms with Crippen LogP contribution in [0.2, 0.25) is 0 Å². The van der Waals surface area contributed by atoms with Crippen LogP contribution < -0.4 is 5.56 Å². The van der Waals surface area contributed by atoms with Crippen molar-refractivity contribution in [2.75, 3.05) is 0 Å². The minimum absolute atomic E-state index is 0.00234. The number of hydrogen-bond donors (Lipinski definition) is 1. The van der Waals surface area contributed by atoms with E-state index >= 15 is 0 Å². The van der Waals surface area contributed by atoms with E-state index in [-0.39, 0.29) is 17.1 Å². The lowest BCUT2D eigenvalue weighted by Gasteiger charge is -2.36. The lowest BCUT2D eigenvalue weighted by atomic mass is 10.00. The van der Waals surface area contributed by atoms with E-state index in [1.165, 1.54) is 18.4 Å². The second kappa shape index (κ2) is 9.37. The Morgan fingerprint density at radius 2 is 1.94 bits per heavy atom. The molecule has 4 rings (SSSR count). The van der Waals surface area contributed by atoms with Crippen LogP contribution >= 0.6 is 0 Å². The Labute approximate surface area is 196 Å². The van der Waals surface area contributed by atoms with Gasteiger partial charge in [-0.05, 0) is 86.4 Å². The molecular formula is C26H38N6O. The number of rotatable bonds is 8. The van der Waals surface area contributed by atoms with Gasteiger partial charge in [-0.15, -0.1) is 5.10 Å². The van der Waals surface area contributed by atoms with Crippen molar-refractivity contribution in [3.05, 3.63) is 51.1 Å². The second-order valence-electron chi connectivity index (χ2n) is 10.2. The zero-order valence-corrected chi connectivity index (χ0v) is 21.0. The molecule has 2 aromatic heterocycles. The van der Waals surface area contributed by atoms with Gasteiger partial charge in [-0.1, -0.05) is 38.8 Å². The molecule has 1 aliphatic rings. The first-order chi connectivity index (χ1) is 15.8. The van der Waals surface area contributed by atoms with Crippen LogP contribution in [-0.4, -0.2) is 36.1 Å². The van der Waals surface area contributed by atoms with Crippen LogP contribution in [0.15, 0.2) is 23.0 Å². The summed E-state index contributed by atoms with van der Waals surface area (Å²) in [5, 5.41) is 14.0. The number of fused-ring (bicyclic) bond motifs is 1. The molecule has 7 heteroatoms. The lowest BCUT2D eigenvalue weighted by Crippen LogP contribution is -2.40. The molecule has 0 bridgehead atoms. The Hall–Kier alpha value is -2.54. The van der Waals surface area contributed by atoms with Crippen molar-refractivity contribution in [1.82, 2.24) is 30.1 Å². The lowest BCUT2D eigenvalue weighted by molar-refractivity contribution is 0.106. The Balaban J connectivity index is 1.76. The van der Waals surface area contributed by atoms with Crippen LogP contribution in [0.25, 0.3) is 10.9 Å². The standard InChI is InChI=1S/C26H38N6O/c1-7-22(24-28-29-30-32(24)26(5,6)8-2)31(21-11-9-10-12-21)16-20-15-19-14-13-17(3)18(4)23(19)27-25(20)33/h13-15,21-22H,7-12,16H2,1-6H3,(H,27,33). The van der Waals surface area contributed by atoms with Gasteiger partial charge in [0.15, 0.2) is 5.82 Å². The zero-order chi connectivity index (χ0) is 23.8. The Morgan fingerprint density at radius 3 is 2.61 bits per heavy atom. The number of nitrogens with one attached hydrogen (secondary N) is 1. The van der Waals surface area contributed by atoms with Crippen LogP contribution in [0.4, 0.5) is 0 Å². The van der Waals surface area contributed by atoms with Crippen LogP contribution in [0.3, 0.4) is 0 Å². The number of aryl methyl sites for hydroxylation is 2. The average Bonchev–Trinajstić information content (AvgIpc) is 3.50. The van der Waals surface area contributed by atoms with Crippen LogP contribution in [-0.2, 0) is 12.1 Å². The second-order valence-corrected chi connectivity index (χ2v) is 10.2. The molecule has 7 nitrogen and oxygen atoms in total. The fourth-order valence-corrected chi connectivity index (χ4v) is 5.16. The molecule has 178 valence electrons. The monoisotopic (exact) mass is 450 g/mol. The Kier molecular flexibility index (Phi) is 6.71. The van der Waals surface area contributed by atoms with E-state index in [4.69, 9.17) is 0 Å². The van der Waals surface area contributed by atoms with Crippen LogP contribution in [0.1, 0.15) is 94.8 Å². The minimum atomic E-state index is -0.163. The summed E-state index contributed by atoms with van der Waals surface area (Å²) in [5.74, 6) is 0.903. The molecule has 1 unspecified atom stereocenters. The number of aromatic amines is 1. The summed E-state index contributed by atoms with van der Waals surface area (Å²) < 4.78 is 2.00. The molecular weight excluding hydrogens is 412 g/mol. The number of aromatic nitrogens is 5. The van der Waals surface area contributed by atoms with E-state index in [2.05, 4.69) is 85.2 Å². The van der Waals surface area contributed by atoms with E-state index in [1.54, 1.807) is 0 Å². The summed E-state index contributed by atoms with van der Waals surface area (Å²) in [6.07, 6.45) is 6.59. The van der Waals surface area contributed by atoms with Gasteiger partial charge in [0.05, 0.1) is 17.1 Å². The number of tetrazole rings is 1. The average molecular weight is 451 g/mol. The fraction of sp³-hybridized carbons (Fsp3) is 0.615. The molecule has 3 aromatic rings. The first-order valence-corrected chi connectivity index (χ1v) is 12.4. The van der Waals surface area contributed by atoms with E-state index in [0.29, 0.717) is 12.6 Å². The van der Waals surface area contributed by atoms with Crippen molar-refractivity contribution < 1.29 is 0 Å². The predicted octanol–water partition coefficient (Wildman–Crippen LogP) is 5.17. The number of H-pyrrole nitrogens is 1. The molecule has 0 radical (unpaired) electrons. The molecule has 1 saturated carbocycles. The fourth-order valence-electron chi connectivity index (χ4n) is 5.16. The molecule has 33 heavy (non-hydrogen) atoms. The number of benzene rings is 1. The first kappa shape index (κ1) is 23.6. The molecule has 1 aromatic carbocycles. The molecule has 1 aliphatic carbocycles. The maximum absolute atomic E-state index is 13.2. The largest absolute Gasteiger partial charge is 0.321 e. The Morgan fingerprint density at radius 1 is 1.21 bits per heavy atom. The van der Waals surface area contributed by atoms with E-state index in [1.807, 2.05) is 4.68 Å². The van der Waals surface area contributed by atoms with Gasteiger partial charge in [-0.3, -0.25) is 9.69 Å². The SMILES string of the molecule is CCC(c1nnnn1C(C)(C)CC)N(Cc1cc2ccc(C)c(C)c2[nH]c1=O)C1CCCC1. The highest BCUT2D eigenvalue weighted by Crippen LogP contribution is 2.35. The summed E-state index contributed by atoms with van der Waals surface area (Å²) >= 11 is 0. The van der Waals surface area contributed by atoms with E-state index in [9.17, 15) is 4.79 Å². The summed E-state index contributed by atoms with van der Waals surface area (Å²) in [4.78, 5) is 18.9. The molecule has 1 N–H and O–H groups in total. The zero-order valence-electron chi connectivity index (χ0n) is 21.0. The quantitative estimate of drug-likeness (QED) is 0.512. The van der Waals surface area contributed by atoms with Gasteiger partial charge in [0, 0.05) is 18.2 Å². The van der Waals surface area contributed by atoms with Gasteiger partial charge in [-0.2, -0.15) is 0 Å². The summed E-state index contributed by atoms with van der Waals surface area (Å²) in [6.45, 7) is 13.5. The molecule has 0 aliphatic heterocycles. The van der Waals surface area contributed by atoms with Gasteiger partial charge < -0.3 is 4.98 Å². The highest BCUT2D eigenvalue weighted by molar-refractivity contribution is 5.83. The van der Waals surface area contributed by atoms with Crippen molar-refractivity contribution in [3.63, 3.8) is 0 Å². The molecule has 1 atom stereocenters. The van der Waals surface area contributed by atoms with Crippen molar-refractivity contribution in [3.8, 4) is 0 Å². The van der Waals surface area contributed by atoms with Crippen molar-refractivity contribution in [2.45, 2.75) is 104 Å².